The Morgan fingerprint density at radius 3 is 2.50 bits per heavy atom. The summed E-state index contributed by atoms with van der Waals surface area (Å²) in [7, 11) is 0. The fourth-order valence-electron chi connectivity index (χ4n) is 1.89. The number of thioether (sulfide) groups is 1. The van der Waals surface area contributed by atoms with Crippen molar-refractivity contribution in [3.05, 3.63) is 28.2 Å². The number of hydrogen-bond donors (Lipinski definition) is 1. The van der Waals surface area contributed by atoms with Crippen LogP contribution in [-0.2, 0) is 9.59 Å². The summed E-state index contributed by atoms with van der Waals surface area (Å²) in [4.78, 5) is 26.2. The largest absolute Gasteiger partial charge is 0.333 e. The second-order valence-electron chi connectivity index (χ2n) is 6.39. The Morgan fingerprint density at radius 1 is 1.25 bits per heavy atom. The standard InChI is InChI=1S/C17H24Cl2N2O2S/c1-5-8-21(16(23)11-24-17(2,3)4)10-15(22)20-14-9-12(18)6-7-13(14)19/h6-7,9H,5,8,10-11H2,1-4H3,(H,20,22). The minimum Gasteiger partial charge on any atom is -0.333 e. The van der Waals surface area contributed by atoms with Crippen LogP contribution < -0.4 is 5.32 Å². The van der Waals surface area contributed by atoms with Crippen LogP contribution in [0.15, 0.2) is 18.2 Å². The van der Waals surface area contributed by atoms with E-state index < -0.39 is 0 Å². The van der Waals surface area contributed by atoms with Crippen molar-refractivity contribution in [2.45, 2.75) is 38.9 Å². The van der Waals surface area contributed by atoms with E-state index >= 15 is 0 Å². The summed E-state index contributed by atoms with van der Waals surface area (Å²) in [6, 6.07) is 4.86. The maximum atomic E-state index is 12.4. The molecular formula is C17H24Cl2N2O2S. The summed E-state index contributed by atoms with van der Waals surface area (Å²) in [5, 5.41) is 3.60. The van der Waals surface area contributed by atoms with Gasteiger partial charge in [-0.3, -0.25) is 9.59 Å². The highest BCUT2D eigenvalue weighted by Crippen LogP contribution is 2.25. The minimum atomic E-state index is -0.290. The summed E-state index contributed by atoms with van der Waals surface area (Å²) >= 11 is 13.5. The molecule has 0 radical (unpaired) electrons. The molecule has 0 atom stereocenters. The molecule has 0 fully saturated rings. The Labute approximate surface area is 158 Å². The van der Waals surface area contributed by atoms with E-state index in [1.165, 1.54) is 0 Å². The number of hydrogen-bond acceptors (Lipinski definition) is 3. The summed E-state index contributed by atoms with van der Waals surface area (Å²) in [5.41, 5.74) is 0.446. The monoisotopic (exact) mass is 390 g/mol. The zero-order valence-corrected chi connectivity index (χ0v) is 16.8. The molecule has 0 saturated carbocycles. The van der Waals surface area contributed by atoms with Crippen LogP contribution in [0.2, 0.25) is 10.0 Å². The van der Waals surface area contributed by atoms with Crippen molar-refractivity contribution >= 4 is 52.5 Å². The molecule has 134 valence electrons. The average Bonchev–Trinajstić information content (AvgIpc) is 2.47. The number of carbonyl (C=O) groups is 2. The number of nitrogens with one attached hydrogen (secondary N) is 1. The molecule has 0 unspecified atom stereocenters. The lowest BCUT2D eigenvalue weighted by Gasteiger charge is -2.24. The number of rotatable bonds is 7. The number of anilines is 1. The normalized spacial score (nSPS) is 11.2. The van der Waals surface area contributed by atoms with E-state index in [4.69, 9.17) is 23.2 Å². The van der Waals surface area contributed by atoms with Crippen LogP contribution in [0, 0.1) is 0 Å². The first-order valence-electron chi connectivity index (χ1n) is 7.79. The molecule has 7 heteroatoms. The van der Waals surface area contributed by atoms with Gasteiger partial charge in [-0.2, -0.15) is 0 Å². The molecule has 2 amide bonds. The Morgan fingerprint density at radius 2 is 1.92 bits per heavy atom. The molecule has 0 bridgehead atoms. The van der Waals surface area contributed by atoms with E-state index in [1.807, 2.05) is 6.92 Å². The molecule has 24 heavy (non-hydrogen) atoms. The molecule has 1 rings (SSSR count). The van der Waals surface area contributed by atoms with E-state index in [2.05, 4.69) is 26.1 Å². The van der Waals surface area contributed by atoms with Gasteiger partial charge in [-0.05, 0) is 24.6 Å². The lowest BCUT2D eigenvalue weighted by atomic mass is 10.3. The van der Waals surface area contributed by atoms with Crippen molar-refractivity contribution in [3.63, 3.8) is 0 Å². The second kappa shape index (κ2) is 9.54. The maximum Gasteiger partial charge on any atom is 0.244 e. The Bertz CT molecular complexity index is 588. The van der Waals surface area contributed by atoms with Crippen LogP contribution in [-0.4, -0.2) is 40.3 Å². The quantitative estimate of drug-likeness (QED) is 0.733. The van der Waals surface area contributed by atoms with Gasteiger partial charge in [-0.15, -0.1) is 11.8 Å². The van der Waals surface area contributed by atoms with E-state index in [0.717, 1.165) is 6.42 Å². The number of benzene rings is 1. The topological polar surface area (TPSA) is 49.4 Å². The predicted molar refractivity (Wildman–Crippen MR) is 104 cm³/mol. The maximum absolute atomic E-state index is 12.4. The van der Waals surface area contributed by atoms with Gasteiger partial charge < -0.3 is 10.2 Å². The zero-order chi connectivity index (χ0) is 18.3. The van der Waals surface area contributed by atoms with E-state index in [-0.39, 0.29) is 23.1 Å². The van der Waals surface area contributed by atoms with E-state index in [9.17, 15) is 9.59 Å². The summed E-state index contributed by atoms with van der Waals surface area (Å²) in [6.45, 7) is 8.69. The lowest BCUT2D eigenvalue weighted by Crippen LogP contribution is -2.40. The Kier molecular flexibility index (Phi) is 8.40. The fraction of sp³-hybridized carbons (Fsp3) is 0.529. The van der Waals surface area contributed by atoms with Gasteiger partial charge >= 0.3 is 0 Å². The van der Waals surface area contributed by atoms with Crippen molar-refractivity contribution in [2.75, 3.05) is 24.2 Å². The minimum absolute atomic E-state index is 0.000217. The molecule has 1 aromatic rings. The first-order chi connectivity index (χ1) is 11.1. The molecular weight excluding hydrogens is 367 g/mol. The van der Waals surface area contributed by atoms with Gasteiger partial charge in [0.2, 0.25) is 11.8 Å². The van der Waals surface area contributed by atoms with Crippen LogP contribution in [0.3, 0.4) is 0 Å². The van der Waals surface area contributed by atoms with Gasteiger partial charge in [0.25, 0.3) is 0 Å². The predicted octanol–water partition coefficient (Wildman–Crippen LogP) is 4.70. The first-order valence-corrected chi connectivity index (χ1v) is 9.53. The molecule has 0 heterocycles. The van der Waals surface area contributed by atoms with Gasteiger partial charge in [-0.25, -0.2) is 0 Å². The van der Waals surface area contributed by atoms with Crippen molar-refractivity contribution in [2.24, 2.45) is 0 Å². The molecule has 1 N–H and O–H groups in total. The molecule has 4 nitrogen and oxygen atoms in total. The van der Waals surface area contributed by atoms with Crippen LogP contribution in [0.4, 0.5) is 5.69 Å². The average molecular weight is 391 g/mol. The van der Waals surface area contributed by atoms with Crippen LogP contribution >= 0.6 is 35.0 Å². The molecule has 0 aliphatic carbocycles. The molecule has 0 aromatic heterocycles. The van der Waals surface area contributed by atoms with Crippen molar-refractivity contribution in [3.8, 4) is 0 Å². The number of nitrogens with zero attached hydrogens (tertiary/aromatic N) is 1. The van der Waals surface area contributed by atoms with Crippen LogP contribution in [0.5, 0.6) is 0 Å². The summed E-state index contributed by atoms with van der Waals surface area (Å²) in [5.74, 6) is 0.0279. The zero-order valence-electron chi connectivity index (χ0n) is 14.5. The number of amides is 2. The van der Waals surface area contributed by atoms with E-state index in [1.54, 1.807) is 34.9 Å². The highest BCUT2D eigenvalue weighted by molar-refractivity contribution is 8.01. The van der Waals surface area contributed by atoms with Gasteiger partial charge in [0.05, 0.1) is 23.0 Å². The third-order valence-electron chi connectivity index (χ3n) is 3.01. The van der Waals surface area contributed by atoms with Gasteiger partial charge in [0, 0.05) is 16.3 Å². The van der Waals surface area contributed by atoms with Gasteiger partial charge in [0.15, 0.2) is 0 Å². The molecule has 0 aliphatic heterocycles. The lowest BCUT2D eigenvalue weighted by molar-refractivity contribution is -0.132. The Hall–Kier alpha value is -0.910. The van der Waals surface area contributed by atoms with Crippen LogP contribution in [0.25, 0.3) is 0 Å². The Balaban J connectivity index is 2.68. The highest BCUT2D eigenvalue weighted by Gasteiger charge is 2.20. The molecule has 1 aromatic carbocycles. The second-order valence-corrected chi connectivity index (χ2v) is 9.03. The molecule has 0 saturated heterocycles. The highest BCUT2D eigenvalue weighted by atomic mass is 35.5. The fourth-order valence-corrected chi connectivity index (χ4v) is 2.96. The SMILES string of the molecule is CCCN(CC(=O)Nc1cc(Cl)ccc1Cl)C(=O)CSC(C)(C)C. The third kappa shape index (κ3) is 7.77. The van der Waals surface area contributed by atoms with Crippen molar-refractivity contribution in [1.82, 2.24) is 4.90 Å². The molecule has 0 spiro atoms. The van der Waals surface area contributed by atoms with Gasteiger partial charge in [-0.1, -0.05) is 50.9 Å². The molecule has 0 aliphatic rings. The number of carbonyl (C=O) groups excluding carboxylic acids is 2. The third-order valence-corrected chi connectivity index (χ3v) is 4.83. The van der Waals surface area contributed by atoms with Crippen molar-refractivity contribution in [1.29, 1.82) is 0 Å². The van der Waals surface area contributed by atoms with Gasteiger partial charge in [0.1, 0.15) is 0 Å². The smallest absolute Gasteiger partial charge is 0.244 e. The summed E-state index contributed by atoms with van der Waals surface area (Å²) < 4.78 is 0.00408. The van der Waals surface area contributed by atoms with Crippen molar-refractivity contribution < 1.29 is 9.59 Å². The first kappa shape index (κ1) is 21.1. The summed E-state index contributed by atoms with van der Waals surface area (Å²) in [6.07, 6.45) is 0.789. The van der Waals surface area contributed by atoms with Crippen LogP contribution in [0.1, 0.15) is 34.1 Å². The number of halogens is 2. The van der Waals surface area contributed by atoms with E-state index in [0.29, 0.717) is 28.0 Å².